The molecule has 0 aromatic rings. The molecule has 0 aliphatic carbocycles. The fourth-order valence-electron chi connectivity index (χ4n) is 3.58. The van der Waals surface area contributed by atoms with Crippen LogP contribution in [0.15, 0.2) is 0 Å². The highest BCUT2D eigenvalue weighted by Gasteiger charge is 2.42. The molecule has 3 saturated heterocycles. The largest absolute Gasteiger partial charge is 0.332 e. The van der Waals surface area contributed by atoms with Gasteiger partial charge in [0.25, 0.3) is 11.8 Å². The standard InChI is InChI=1S/C13H25N3OS.C8H11NO5/c1-2-3-7-14-8-5-4-6-11-12-10(9-18-11)15-13(17)16-12;1-6(10)4-5-13-14-9-7(11)2-3-8(9)12/h10-12,14H,2-9H2,1H3,(H2,15,16,17);2-5H2,1H3. The van der Waals surface area contributed by atoms with E-state index in [2.05, 4.69) is 32.7 Å². The lowest BCUT2D eigenvalue weighted by Crippen LogP contribution is -2.36. The summed E-state index contributed by atoms with van der Waals surface area (Å²) in [6.07, 6.45) is 6.76. The van der Waals surface area contributed by atoms with E-state index < -0.39 is 11.8 Å². The number of Topliss-reactive ketones (excluding diaryl/α,β-unsaturated/α-hetero) is 1. The Morgan fingerprint density at radius 1 is 1.12 bits per heavy atom. The van der Waals surface area contributed by atoms with Crippen molar-refractivity contribution in [3.05, 3.63) is 0 Å². The van der Waals surface area contributed by atoms with Crippen LogP contribution in [0.2, 0.25) is 0 Å². The average Bonchev–Trinajstić information content (AvgIpc) is 3.40. The van der Waals surface area contributed by atoms with Gasteiger partial charge in [-0.3, -0.25) is 14.4 Å². The molecule has 3 unspecified atom stereocenters. The number of carbonyl (C=O) groups is 4. The highest BCUT2D eigenvalue weighted by Crippen LogP contribution is 2.32. The predicted molar refractivity (Wildman–Crippen MR) is 121 cm³/mol. The van der Waals surface area contributed by atoms with Crippen LogP contribution in [0.25, 0.3) is 0 Å². The van der Waals surface area contributed by atoms with E-state index in [9.17, 15) is 19.2 Å². The molecule has 10 nitrogen and oxygen atoms in total. The number of rotatable bonds is 13. The lowest BCUT2D eigenvalue weighted by molar-refractivity contribution is -0.392. The first kappa shape index (κ1) is 26.6. The van der Waals surface area contributed by atoms with Crippen LogP contribution >= 0.6 is 11.8 Å². The summed E-state index contributed by atoms with van der Waals surface area (Å²) in [6.45, 7) is 5.96. The maximum atomic E-state index is 11.2. The Bertz CT molecular complexity index is 634. The lowest BCUT2D eigenvalue weighted by Gasteiger charge is -2.16. The molecule has 0 saturated carbocycles. The summed E-state index contributed by atoms with van der Waals surface area (Å²) in [6, 6.07) is 0.766. The first-order chi connectivity index (χ1) is 15.4. The molecule has 32 heavy (non-hydrogen) atoms. The Hall–Kier alpha value is -1.69. The van der Waals surface area contributed by atoms with Crippen molar-refractivity contribution in [2.75, 3.05) is 25.4 Å². The highest BCUT2D eigenvalue weighted by atomic mass is 32.2. The van der Waals surface area contributed by atoms with Gasteiger partial charge in [0.1, 0.15) is 5.78 Å². The van der Waals surface area contributed by atoms with Gasteiger partial charge in [-0.25, -0.2) is 9.68 Å². The zero-order valence-electron chi connectivity index (χ0n) is 19.0. The van der Waals surface area contributed by atoms with Gasteiger partial charge in [-0.1, -0.05) is 19.8 Å². The first-order valence-electron chi connectivity index (χ1n) is 11.5. The highest BCUT2D eigenvalue weighted by molar-refractivity contribution is 8.00. The van der Waals surface area contributed by atoms with Crippen molar-refractivity contribution < 1.29 is 29.1 Å². The van der Waals surface area contributed by atoms with Gasteiger partial charge >= 0.3 is 6.03 Å². The number of amides is 4. The third-order valence-electron chi connectivity index (χ3n) is 5.41. The number of nitrogens with one attached hydrogen (secondary N) is 3. The van der Waals surface area contributed by atoms with Gasteiger partial charge in [0.05, 0.1) is 18.7 Å². The van der Waals surface area contributed by atoms with Gasteiger partial charge in [-0.05, 0) is 39.3 Å². The number of carbonyl (C=O) groups excluding carboxylic acids is 4. The van der Waals surface area contributed by atoms with Gasteiger partial charge in [-0.2, -0.15) is 11.8 Å². The number of thioether (sulfide) groups is 1. The summed E-state index contributed by atoms with van der Waals surface area (Å²) < 4.78 is 0. The van der Waals surface area contributed by atoms with Gasteiger partial charge in [-0.15, -0.1) is 10.1 Å². The SMILES string of the molecule is CC(=O)CCOON1C(=O)CCC1=O.CCCCNCCCCC1SCC2NC(=O)NC21. The minimum Gasteiger partial charge on any atom is -0.332 e. The Morgan fingerprint density at radius 3 is 2.53 bits per heavy atom. The minimum atomic E-state index is -0.419. The maximum Gasteiger partial charge on any atom is 0.315 e. The van der Waals surface area contributed by atoms with Crippen molar-refractivity contribution in [1.29, 1.82) is 0 Å². The average molecular weight is 473 g/mol. The van der Waals surface area contributed by atoms with Crippen molar-refractivity contribution in [2.45, 2.75) is 82.5 Å². The normalized spacial score (nSPS) is 24.1. The van der Waals surface area contributed by atoms with Crippen LogP contribution in [0.3, 0.4) is 0 Å². The van der Waals surface area contributed by atoms with Crippen molar-refractivity contribution in [1.82, 2.24) is 21.0 Å². The van der Waals surface area contributed by atoms with E-state index in [0.29, 0.717) is 22.4 Å². The number of fused-ring (bicyclic) bond motifs is 1. The molecular formula is C21H36N4O6S. The fraction of sp³-hybridized carbons (Fsp3) is 0.810. The summed E-state index contributed by atoms with van der Waals surface area (Å²) in [4.78, 5) is 52.6. The second-order valence-electron chi connectivity index (χ2n) is 8.15. The van der Waals surface area contributed by atoms with E-state index in [1.807, 2.05) is 11.8 Å². The van der Waals surface area contributed by atoms with E-state index in [0.717, 1.165) is 18.8 Å². The number of hydrogen-bond donors (Lipinski definition) is 3. The zero-order valence-corrected chi connectivity index (χ0v) is 19.8. The third-order valence-corrected chi connectivity index (χ3v) is 6.92. The van der Waals surface area contributed by atoms with Crippen molar-refractivity contribution >= 4 is 35.4 Å². The molecule has 0 aromatic heterocycles. The maximum absolute atomic E-state index is 11.2. The summed E-state index contributed by atoms with van der Waals surface area (Å²) in [5, 5.41) is 10.7. The summed E-state index contributed by atoms with van der Waals surface area (Å²) >= 11 is 2.01. The Kier molecular flexibility index (Phi) is 12.0. The number of unbranched alkanes of at least 4 members (excludes halogenated alkanes) is 2. The topological polar surface area (TPSA) is 126 Å². The van der Waals surface area contributed by atoms with Crippen molar-refractivity contribution in [2.24, 2.45) is 0 Å². The van der Waals surface area contributed by atoms with Crippen molar-refractivity contribution in [3.8, 4) is 0 Å². The molecule has 3 aliphatic rings. The summed E-state index contributed by atoms with van der Waals surface area (Å²) in [7, 11) is 0. The van der Waals surface area contributed by atoms with E-state index in [1.54, 1.807) is 0 Å². The molecule has 182 valence electrons. The van der Waals surface area contributed by atoms with Gasteiger partial charge < -0.3 is 16.0 Å². The Morgan fingerprint density at radius 2 is 1.84 bits per heavy atom. The number of urea groups is 1. The lowest BCUT2D eigenvalue weighted by atomic mass is 10.0. The van der Waals surface area contributed by atoms with Crippen LogP contribution in [0, 0.1) is 0 Å². The van der Waals surface area contributed by atoms with Crippen LogP contribution in [-0.4, -0.2) is 71.5 Å². The first-order valence-corrected chi connectivity index (χ1v) is 12.5. The summed E-state index contributed by atoms with van der Waals surface area (Å²) in [5.41, 5.74) is 0. The molecule has 0 bridgehead atoms. The van der Waals surface area contributed by atoms with Crippen LogP contribution < -0.4 is 16.0 Å². The minimum absolute atomic E-state index is 0.0246. The van der Waals surface area contributed by atoms with Crippen LogP contribution in [-0.2, 0) is 24.3 Å². The quantitative estimate of drug-likeness (QED) is 0.122. The molecule has 0 aromatic carbocycles. The van der Waals surface area contributed by atoms with Crippen molar-refractivity contribution in [3.63, 3.8) is 0 Å². The third kappa shape index (κ3) is 9.05. The number of hydroxylamine groups is 2. The fourth-order valence-corrected chi connectivity index (χ4v) is 5.12. The molecule has 3 N–H and O–H groups in total. The molecule has 3 aliphatic heterocycles. The molecule has 3 rings (SSSR count). The van der Waals surface area contributed by atoms with Gasteiger partial charge in [0, 0.05) is 30.3 Å². The van der Waals surface area contributed by atoms with Crippen LogP contribution in [0.5, 0.6) is 0 Å². The molecule has 4 amide bonds. The molecule has 0 radical (unpaired) electrons. The zero-order chi connectivity index (χ0) is 23.3. The predicted octanol–water partition coefficient (Wildman–Crippen LogP) is 1.69. The monoisotopic (exact) mass is 472 g/mol. The molecule has 3 atom stereocenters. The molecule has 3 heterocycles. The Balaban J connectivity index is 0.000000235. The molecule has 0 spiro atoms. The van der Waals surface area contributed by atoms with E-state index in [4.69, 9.17) is 0 Å². The number of nitrogens with zero attached hydrogens (tertiary/aromatic N) is 1. The number of imide groups is 1. The van der Waals surface area contributed by atoms with E-state index in [1.165, 1.54) is 39.0 Å². The van der Waals surface area contributed by atoms with E-state index >= 15 is 0 Å². The Labute approximate surface area is 193 Å². The second-order valence-corrected chi connectivity index (χ2v) is 9.42. The molecule has 11 heteroatoms. The van der Waals surface area contributed by atoms with Crippen LogP contribution in [0.1, 0.15) is 65.2 Å². The molecular weight excluding hydrogens is 436 g/mol. The summed E-state index contributed by atoms with van der Waals surface area (Å²) in [5.74, 6) is 0.186. The number of ketones is 1. The number of hydrogen-bond acceptors (Lipinski definition) is 8. The molecule has 3 fully saturated rings. The van der Waals surface area contributed by atoms with Gasteiger partial charge in [0.15, 0.2) is 0 Å². The second kappa shape index (κ2) is 14.5. The van der Waals surface area contributed by atoms with E-state index in [-0.39, 0.29) is 37.7 Å². The smallest absolute Gasteiger partial charge is 0.315 e. The van der Waals surface area contributed by atoms with Crippen LogP contribution in [0.4, 0.5) is 4.79 Å². The van der Waals surface area contributed by atoms with Gasteiger partial charge in [0.2, 0.25) is 0 Å².